The minimum absolute atomic E-state index is 0.0450. The lowest BCUT2D eigenvalue weighted by Crippen LogP contribution is -2.39. The second-order valence-electron chi connectivity index (χ2n) is 4.13. The van der Waals surface area contributed by atoms with Crippen molar-refractivity contribution in [3.8, 4) is 0 Å². The van der Waals surface area contributed by atoms with Crippen molar-refractivity contribution in [1.82, 2.24) is 14.8 Å². The van der Waals surface area contributed by atoms with Crippen LogP contribution in [0.1, 0.15) is 16.1 Å². The van der Waals surface area contributed by atoms with Crippen molar-refractivity contribution in [3.63, 3.8) is 0 Å². The summed E-state index contributed by atoms with van der Waals surface area (Å²) in [4.78, 5) is 39.4. The van der Waals surface area contributed by atoms with E-state index in [0.29, 0.717) is 17.5 Å². The van der Waals surface area contributed by atoms with E-state index >= 15 is 0 Å². The standard InChI is InChI=1S/C12H15N3O4/c1-14(2)11(17)7-15(12(18)19)6-10-5-9(8-16)3-4-13-10/h3-5,8H,6-7H2,1-2H3,(H,18,19). The van der Waals surface area contributed by atoms with Crippen LogP contribution in [-0.4, -0.2) is 58.8 Å². The van der Waals surface area contributed by atoms with Crippen LogP contribution >= 0.6 is 0 Å². The number of hydrogen-bond acceptors (Lipinski definition) is 4. The molecule has 7 nitrogen and oxygen atoms in total. The first-order valence-corrected chi connectivity index (χ1v) is 5.52. The van der Waals surface area contributed by atoms with Gasteiger partial charge < -0.3 is 10.0 Å². The number of pyridine rings is 1. The normalized spacial score (nSPS) is 9.79. The predicted molar refractivity (Wildman–Crippen MR) is 66.8 cm³/mol. The molecule has 2 amide bonds. The third-order valence-electron chi connectivity index (χ3n) is 2.43. The van der Waals surface area contributed by atoms with Gasteiger partial charge in [0.25, 0.3) is 0 Å². The van der Waals surface area contributed by atoms with Gasteiger partial charge in [0.15, 0.2) is 0 Å². The third kappa shape index (κ3) is 4.38. The summed E-state index contributed by atoms with van der Waals surface area (Å²) in [6.07, 6.45) is 0.863. The lowest BCUT2D eigenvalue weighted by atomic mass is 10.2. The topological polar surface area (TPSA) is 90.8 Å². The minimum Gasteiger partial charge on any atom is -0.465 e. The molecule has 0 aromatic carbocycles. The summed E-state index contributed by atoms with van der Waals surface area (Å²) in [5.74, 6) is -0.325. The maximum Gasteiger partial charge on any atom is 0.408 e. The Bertz CT molecular complexity index is 488. The highest BCUT2D eigenvalue weighted by Crippen LogP contribution is 2.05. The van der Waals surface area contributed by atoms with Crippen molar-refractivity contribution in [2.45, 2.75) is 6.54 Å². The van der Waals surface area contributed by atoms with E-state index in [0.717, 1.165) is 4.90 Å². The van der Waals surface area contributed by atoms with Crippen molar-refractivity contribution in [1.29, 1.82) is 0 Å². The van der Waals surface area contributed by atoms with Gasteiger partial charge in [-0.3, -0.25) is 19.5 Å². The van der Waals surface area contributed by atoms with Crippen molar-refractivity contribution in [3.05, 3.63) is 29.6 Å². The van der Waals surface area contributed by atoms with E-state index < -0.39 is 6.09 Å². The lowest BCUT2D eigenvalue weighted by molar-refractivity contribution is -0.129. The van der Waals surface area contributed by atoms with Crippen LogP contribution in [0, 0.1) is 0 Å². The molecular weight excluding hydrogens is 250 g/mol. The van der Waals surface area contributed by atoms with Crippen molar-refractivity contribution in [2.24, 2.45) is 0 Å². The number of aromatic nitrogens is 1. The Labute approximate surface area is 110 Å². The molecule has 1 aromatic heterocycles. The smallest absolute Gasteiger partial charge is 0.408 e. The molecule has 0 saturated heterocycles. The molecule has 0 saturated carbocycles. The van der Waals surface area contributed by atoms with Gasteiger partial charge >= 0.3 is 6.09 Å². The first-order chi connectivity index (χ1) is 8.93. The zero-order chi connectivity index (χ0) is 14.4. The molecule has 0 fully saturated rings. The largest absolute Gasteiger partial charge is 0.465 e. The molecule has 1 aromatic rings. The lowest BCUT2D eigenvalue weighted by Gasteiger charge is -2.20. The van der Waals surface area contributed by atoms with Crippen LogP contribution in [0.3, 0.4) is 0 Å². The average Bonchev–Trinajstić information content (AvgIpc) is 2.37. The zero-order valence-electron chi connectivity index (χ0n) is 10.7. The summed E-state index contributed by atoms with van der Waals surface area (Å²) >= 11 is 0. The first kappa shape index (κ1) is 14.6. The number of nitrogens with zero attached hydrogens (tertiary/aromatic N) is 3. The first-order valence-electron chi connectivity index (χ1n) is 5.52. The molecule has 19 heavy (non-hydrogen) atoms. The monoisotopic (exact) mass is 265 g/mol. The van der Waals surface area contributed by atoms with E-state index in [1.165, 1.54) is 23.2 Å². The number of amides is 2. The van der Waals surface area contributed by atoms with E-state index in [9.17, 15) is 14.4 Å². The molecule has 1 heterocycles. The minimum atomic E-state index is -1.21. The van der Waals surface area contributed by atoms with E-state index in [4.69, 9.17) is 5.11 Å². The van der Waals surface area contributed by atoms with Gasteiger partial charge in [0, 0.05) is 25.9 Å². The molecule has 0 aliphatic heterocycles. The number of carbonyl (C=O) groups is 3. The molecule has 1 N–H and O–H groups in total. The fourth-order valence-electron chi connectivity index (χ4n) is 1.35. The zero-order valence-corrected chi connectivity index (χ0v) is 10.7. The van der Waals surface area contributed by atoms with Crippen LogP contribution in [0.25, 0.3) is 0 Å². The number of aldehydes is 1. The molecule has 1 rings (SSSR count). The number of rotatable bonds is 5. The third-order valence-corrected chi connectivity index (χ3v) is 2.43. The van der Waals surface area contributed by atoms with Gasteiger partial charge in [-0.2, -0.15) is 0 Å². The Kier molecular flexibility index (Phi) is 4.99. The van der Waals surface area contributed by atoms with E-state index in [1.54, 1.807) is 14.1 Å². The van der Waals surface area contributed by atoms with Crippen LogP contribution < -0.4 is 0 Å². The molecule has 0 spiro atoms. The molecule has 0 radical (unpaired) electrons. The molecule has 0 unspecified atom stereocenters. The Morgan fingerprint density at radius 3 is 2.63 bits per heavy atom. The maximum atomic E-state index is 11.5. The van der Waals surface area contributed by atoms with Crippen molar-refractivity contribution >= 4 is 18.3 Å². The second kappa shape index (κ2) is 6.48. The molecule has 0 aliphatic rings. The highest BCUT2D eigenvalue weighted by Gasteiger charge is 2.18. The molecular formula is C12H15N3O4. The van der Waals surface area contributed by atoms with Crippen LogP contribution in [0.4, 0.5) is 4.79 Å². The molecule has 0 atom stereocenters. The van der Waals surface area contributed by atoms with Crippen LogP contribution in [0.5, 0.6) is 0 Å². The Morgan fingerprint density at radius 1 is 1.42 bits per heavy atom. The predicted octanol–water partition coefficient (Wildman–Crippen LogP) is 0.462. The summed E-state index contributed by atoms with van der Waals surface area (Å²) in [7, 11) is 3.10. The van der Waals surface area contributed by atoms with Gasteiger partial charge in [0.1, 0.15) is 12.8 Å². The summed E-state index contributed by atoms with van der Waals surface area (Å²) in [5.41, 5.74) is 0.827. The highest BCUT2D eigenvalue weighted by molar-refractivity contribution is 5.81. The highest BCUT2D eigenvalue weighted by atomic mass is 16.4. The number of hydrogen-bond donors (Lipinski definition) is 1. The molecule has 0 aliphatic carbocycles. The van der Waals surface area contributed by atoms with Gasteiger partial charge in [-0.25, -0.2) is 4.79 Å². The Morgan fingerprint density at radius 2 is 2.11 bits per heavy atom. The van der Waals surface area contributed by atoms with Gasteiger partial charge in [0.05, 0.1) is 12.2 Å². The van der Waals surface area contributed by atoms with Gasteiger partial charge in [-0.1, -0.05) is 0 Å². The maximum absolute atomic E-state index is 11.5. The fraction of sp³-hybridized carbons (Fsp3) is 0.333. The van der Waals surface area contributed by atoms with E-state index in [1.807, 2.05) is 0 Å². The average molecular weight is 265 g/mol. The van der Waals surface area contributed by atoms with Crippen molar-refractivity contribution in [2.75, 3.05) is 20.6 Å². The van der Waals surface area contributed by atoms with Gasteiger partial charge in [-0.05, 0) is 12.1 Å². The van der Waals surface area contributed by atoms with E-state index in [-0.39, 0.29) is 19.0 Å². The van der Waals surface area contributed by atoms with Gasteiger partial charge in [-0.15, -0.1) is 0 Å². The Balaban J connectivity index is 2.80. The summed E-state index contributed by atoms with van der Waals surface area (Å²) < 4.78 is 0. The van der Waals surface area contributed by atoms with Crippen LogP contribution in [0.2, 0.25) is 0 Å². The molecule has 7 heteroatoms. The SMILES string of the molecule is CN(C)C(=O)CN(Cc1cc(C=O)ccn1)C(=O)O. The number of carboxylic acid groups (broad SMARTS) is 1. The quantitative estimate of drug-likeness (QED) is 0.781. The van der Waals surface area contributed by atoms with Crippen LogP contribution in [0.15, 0.2) is 18.3 Å². The van der Waals surface area contributed by atoms with Crippen molar-refractivity contribution < 1.29 is 19.5 Å². The van der Waals surface area contributed by atoms with Gasteiger partial charge in [0.2, 0.25) is 5.91 Å². The molecule has 0 bridgehead atoms. The van der Waals surface area contributed by atoms with E-state index in [2.05, 4.69) is 4.98 Å². The number of carbonyl (C=O) groups excluding carboxylic acids is 2. The fourth-order valence-corrected chi connectivity index (χ4v) is 1.35. The summed E-state index contributed by atoms with van der Waals surface area (Å²) in [6.45, 7) is -0.300. The summed E-state index contributed by atoms with van der Waals surface area (Å²) in [6, 6.07) is 3.01. The second-order valence-corrected chi connectivity index (χ2v) is 4.13. The van der Waals surface area contributed by atoms with Crippen LogP contribution in [-0.2, 0) is 11.3 Å². The number of likely N-dealkylation sites (N-methyl/N-ethyl adjacent to an activating group) is 1. The molecule has 102 valence electrons. The summed E-state index contributed by atoms with van der Waals surface area (Å²) in [5, 5.41) is 9.05. The Hall–Kier alpha value is -2.44.